The lowest BCUT2D eigenvalue weighted by Crippen LogP contribution is -2.13. The fourth-order valence-electron chi connectivity index (χ4n) is 3.14. The summed E-state index contributed by atoms with van der Waals surface area (Å²) in [7, 11) is -2.11. The van der Waals surface area contributed by atoms with E-state index in [2.05, 4.69) is 15.3 Å². The number of ether oxygens (including phenoxy) is 2. The van der Waals surface area contributed by atoms with E-state index in [1.807, 2.05) is 12.1 Å². The predicted molar refractivity (Wildman–Crippen MR) is 118 cm³/mol. The monoisotopic (exact) mass is 452 g/mol. The maximum atomic E-state index is 13.0. The van der Waals surface area contributed by atoms with Crippen molar-refractivity contribution in [2.24, 2.45) is 0 Å². The van der Waals surface area contributed by atoms with Crippen LogP contribution in [-0.4, -0.2) is 42.1 Å². The van der Waals surface area contributed by atoms with E-state index in [1.54, 1.807) is 55.0 Å². The van der Waals surface area contributed by atoms with Gasteiger partial charge < -0.3 is 14.8 Å². The number of carbonyl (C=O) groups excluding carboxylic acids is 1. The number of amides is 1. The van der Waals surface area contributed by atoms with E-state index in [-0.39, 0.29) is 17.5 Å². The molecular formula is C22H20N4O5S. The Morgan fingerprint density at radius 3 is 2.69 bits per heavy atom. The number of sulfone groups is 1. The predicted octanol–water partition coefficient (Wildman–Crippen LogP) is 2.97. The highest BCUT2D eigenvalue weighted by atomic mass is 32.2. The molecule has 1 amide bonds. The average molecular weight is 452 g/mol. The van der Waals surface area contributed by atoms with Gasteiger partial charge in [-0.15, -0.1) is 0 Å². The summed E-state index contributed by atoms with van der Waals surface area (Å²) in [5, 5.41) is 2.55. The summed E-state index contributed by atoms with van der Waals surface area (Å²) in [6, 6.07) is 13.7. The van der Waals surface area contributed by atoms with Gasteiger partial charge in [0.2, 0.25) is 15.0 Å². The first-order valence-electron chi connectivity index (χ1n) is 9.55. The molecule has 9 nitrogen and oxygen atoms in total. The first-order valence-corrected chi connectivity index (χ1v) is 11.4. The lowest BCUT2D eigenvalue weighted by atomic mass is 10.2. The van der Waals surface area contributed by atoms with Crippen molar-refractivity contribution in [3.8, 4) is 11.5 Å². The summed E-state index contributed by atoms with van der Waals surface area (Å²) in [6.07, 6.45) is 5.97. The van der Waals surface area contributed by atoms with Crippen LogP contribution >= 0.6 is 0 Å². The molecule has 164 valence electrons. The number of nitrogens with one attached hydrogen (secondary N) is 1. The number of carbonyl (C=O) groups is 1. The highest BCUT2D eigenvalue weighted by Crippen LogP contribution is 2.31. The van der Waals surface area contributed by atoms with Gasteiger partial charge in [-0.1, -0.05) is 12.1 Å². The minimum atomic E-state index is -3.63. The molecule has 4 aromatic rings. The van der Waals surface area contributed by atoms with E-state index in [4.69, 9.17) is 9.47 Å². The molecule has 0 aliphatic rings. The molecule has 0 aliphatic carbocycles. The largest absolute Gasteiger partial charge is 0.493 e. The molecule has 0 atom stereocenters. The number of rotatable bonds is 7. The second-order valence-corrected chi connectivity index (χ2v) is 8.85. The lowest BCUT2D eigenvalue weighted by molar-refractivity contribution is 0.102. The molecule has 4 rings (SSSR count). The molecule has 0 saturated carbocycles. The number of nitrogens with zero attached hydrogens (tertiary/aromatic N) is 3. The van der Waals surface area contributed by atoms with Gasteiger partial charge in [-0.2, -0.15) is 0 Å². The van der Waals surface area contributed by atoms with E-state index >= 15 is 0 Å². The van der Waals surface area contributed by atoms with Crippen molar-refractivity contribution < 1.29 is 22.7 Å². The summed E-state index contributed by atoms with van der Waals surface area (Å²) in [5.41, 5.74) is 1.70. The molecule has 0 radical (unpaired) electrons. The fourth-order valence-corrected chi connectivity index (χ4v) is 3.91. The number of hydrogen-bond donors (Lipinski definition) is 1. The van der Waals surface area contributed by atoms with Gasteiger partial charge in [-0.25, -0.2) is 13.4 Å². The summed E-state index contributed by atoms with van der Waals surface area (Å²) < 4.78 is 36.8. The molecule has 32 heavy (non-hydrogen) atoms. The normalized spacial score (nSPS) is 11.3. The van der Waals surface area contributed by atoms with Crippen molar-refractivity contribution in [1.82, 2.24) is 14.4 Å². The molecule has 3 aromatic heterocycles. The van der Waals surface area contributed by atoms with Gasteiger partial charge in [-0.3, -0.25) is 14.2 Å². The van der Waals surface area contributed by atoms with Crippen LogP contribution in [0.5, 0.6) is 11.5 Å². The zero-order valence-corrected chi connectivity index (χ0v) is 18.2. The van der Waals surface area contributed by atoms with Crippen molar-refractivity contribution in [2.45, 2.75) is 11.8 Å². The molecule has 0 spiro atoms. The molecule has 0 fully saturated rings. The Labute approximate surface area is 184 Å². The van der Waals surface area contributed by atoms with Gasteiger partial charge in [0.1, 0.15) is 6.61 Å². The molecule has 0 unspecified atom stereocenters. The maximum absolute atomic E-state index is 13.0. The zero-order valence-electron chi connectivity index (χ0n) is 17.3. The summed E-state index contributed by atoms with van der Waals surface area (Å²) in [5.74, 6) is 0.381. The molecular weight excluding hydrogens is 432 g/mol. The smallest absolute Gasteiger partial charge is 0.276 e. The lowest BCUT2D eigenvalue weighted by Gasteiger charge is -2.13. The Bertz CT molecular complexity index is 1380. The van der Waals surface area contributed by atoms with Crippen LogP contribution in [0.2, 0.25) is 0 Å². The molecule has 1 aromatic carbocycles. The number of anilines is 1. The second-order valence-electron chi connectivity index (χ2n) is 6.94. The molecule has 1 N–H and O–H groups in total. The molecule has 0 bridgehead atoms. The van der Waals surface area contributed by atoms with Crippen LogP contribution in [0.25, 0.3) is 5.52 Å². The third-order valence-electron chi connectivity index (χ3n) is 4.60. The molecule has 3 heterocycles. The molecule has 10 heteroatoms. The van der Waals surface area contributed by atoms with Crippen molar-refractivity contribution >= 4 is 26.9 Å². The summed E-state index contributed by atoms with van der Waals surface area (Å²) in [4.78, 5) is 21.1. The quantitative estimate of drug-likeness (QED) is 0.459. The molecule has 0 saturated heterocycles. The van der Waals surface area contributed by atoms with Crippen LogP contribution in [0.4, 0.5) is 5.69 Å². The van der Waals surface area contributed by atoms with Crippen molar-refractivity contribution in [1.29, 1.82) is 0 Å². The van der Waals surface area contributed by atoms with Crippen LogP contribution in [0, 0.1) is 0 Å². The van der Waals surface area contributed by atoms with Crippen molar-refractivity contribution in [3.05, 3.63) is 78.4 Å². The topological polar surface area (TPSA) is 112 Å². The van der Waals surface area contributed by atoms with E-state index < -0.39 is 15.7 Å². The van der Waals surface area contributed by atoms with E-state index in [0.29, 0.717) is 22.7 Å². The maximum Gasteiger partial charge on any atom is 0.276 e. The third-order valence-corrected chi connectivity index (χ3v) is 5.55. The van der Waals surface area contributed by atoms with E-state index in [0.717, 1.165) is 11.8 Å². The van der Waals surface area contributed by atoms with Crippen LogP contribution < -0.4 is 14.8 Å². The number of pyridine rings is 2. The summed E-state index contributed by atoms with van der Waals surface area (Å²) >= 11 is 0. The van der Waals surface area contributed by atoms with Crippen LogP contribution in [0.1, 0.15) is 16.1 Å². The SMILES string of the molecule is COc1ccc(NC(=O)c2nc(S(C)(=O)=O)n3ccccc23)cc1OCc1cccnc1. The van der Waals surface area contributed by atoms with Crippen LogP contribution in [0.3, 0.4) is 0 Å². The second kappa shape index (κ2) is 8.67. The molecule has 0 aliphatic heterocycles. The number of methoxy groups -OCH3 is 1. The fraction of sp³-hybridized carbons (Fsp3) is 0.136. The first kappa shape index (κ1) is 21.3. The van der Waals surface area contributed by atoms with E-state index in [9.17, 15) is 13.2 Å². The Morgan fingerprint density at radius 1 is 1.12 bits per heavy atom. The van der Waals surface area contributed by atoms with E-state index in [1.165, 1.54) is 11.5 Å². The van der Waals surface area contributed by atoms with Gasteiger partial charge in [0.05, 0.1) is 12.6 Å². The van der Waals surface area contributed by atoms with Gasteiger partial charge in [-0.05, 0) is 30.3 Å². The average Bonchev–Trinajstić information content (AvgIpc) is 3.19. The minimum absolute atomic E-state index is 0.000304. The van der Waals surface area contributed by atoms with Gasteiger partial charge in [0.15, 0.2) is 17.2 Å². The Balaban J connectivity index is 1.61. The number of aromatic nitrogens is 3. The van der Waals surface area contributed by atoms with Gasteiger partial charge >= 0.3 is 0 Å². The minimum Gasteiger partial charge on any atom is -0.493 e. The standard InChI is InChI=1S/C22H20N4O5S/c1-30-18-9-8-16(12-19(18)31-14-15-6-5-10-23-13-15)24-21(27)20-17-7-3-4-11-26(17)22(25-20)32(2,28)29/h3-13H,14H2,1-2H3,(H,24,27). The van der Waals surface area contributed by atoms with Crippen LogP contribution in [-0.2, 0) is 16.4 Å². The number of hydrogen-bond acceptors (Lipinski definition) is 7. The zero-order chi connectivity index (χ0) is 22.7. The van der Waals surface area contributed by atoms with Crippen molar-refractivity contribution in [2.75, 3.05) is 18.7 Å². The Kier molecular flexibility index (Phi) is 5.78. The summed E-state index contributed by atoms with van der Waals surface area (Å²) in [6.45, 7) is 0.269. The highest BCUT2D eigenvalue weighted by molar-refractivity contribution is 7.90. The highest BCUT2D eigenvalue weighted by Gasteiger charge is 2.23. The van der Waals surface area contributed by atoms with Crippen molar-refractivity contribution in [3.63, 3.8) is 0 Å². The third kappa shape index (κ3) is 4.40. The Hall–Kier alpha value is -3.92. The Morgan fingerprint density at radius 2 is 1.97 bits per heavy atom. The first-order chi connectivity index (χ1) is 15.4. The number of fused-ring (bicyclic) bond motifs is 1. The van der Waals surface area contributed by atoms with Crippen LogP contribution in [0.15, 0.2) is 72.3 Å². The van der Waals surface area contributed by atoms with Gasteiger partial charge in [0, 0.05) is 42.2 Å². The van der Waals surface area contributed by atoms with Gasteiger partial charge in [0.25, 0.3) is 5.91 Å². The number of imidazole rings is 1. The number of benzene rings is 1.